The average Bonchev–Trinajstić information content (AvgIpc) is 2.47. The lowest BCUT2D eigenvalue weighted by Crippen LogP contribution is -2.33. The van der Waals surface area contributed by atoms with Gasteiger partial charge in [-0.15, -0.1) is 0 Å². The fourth-order valence-electron chi connectivity index (χ4n) is 2.15. The van der Waals surface area contributed by atoms with Crippen LogP contribution in [-0.2, 0) is 0 Å². The van der Waals surface area contributed by atoms with Gasteiger partial charge in [-0.3, -0.25) is 4.98 Å². The summed E-state index contributed by atoms with van der Waals surface area (Å²) in [6, 6.07) is 4.85. The molecule has 1 heterocycles. The number of nitrogens with two attached hydrogens (primary N) is 1. The fourth-order valence-corrected chi connectivity index (χ4v) is 2.15. The highest BCUT2D eigenvalue weighted by molar-refractivity contribution is 5.45. The van der Waals surface area contributed by atoms with Gasteiger partial charge in [0, 0.05) is 18.6 Å². The van der Waals surface area contributed by atoms with Crippen LogP contribution < -0.4 is 10.6 Å². The second-order valence-corrected chi connectivity index (χ2v) is 5.26. The molecule has 1 aromatic rings. The summed E-state index contributed by atoms with van der Waals surface area (Å²) in [7, 11) is 0. The molecule has 2 N–H and O–H groups in total. The molecular formula is C16H29N3. The second kappa shape index (κ2) is 8.16. The van der Waals surface area contributed by atoms with Crippen LogP contribution in [0.25, 0.3) is 0 Å². The summed E-state index contributed by atoms with van der Waals surface area (Å²) in [6.07, 6.45) is 6.50. The maximum Gasteiger partial charge on any atom is 0.0572 e. The Balaban J connectivity index is 2.84. The fraction of sp³-hybridized carbons (Fsp3) is 0.688. The van der Waals surface area contributed by atoms with Gasteiger partial charge in [0.1, 0.15) is 0 Å². The molecule has 0 saturated carbocycles. The van der Waals surface area contributed by atoms with E-state index in [4.69, 9.17) is 5.73 Å². The van der Waals surface area contributed by atoms with Crippen LogP contribution in [0.5, 0.6) is 0 Å². The minimum Gasteiger partial charge on any atom is -0.368 e. The number of nitrogens with zero attached hydrogens (tertiary/aromatic N) is 2. The van der Waals surface area contributed by atoms with Gasteiger partial charge in [-0.2, -0.15) is 0 Å². The van der Waals surface area contributed by atoms with E-state index in [0.29, 0.717) is 6.04 Å². The lowest BCUT2D eigenvalue weighted by Gasteiger charge is -2.30. The van der Waals surface area contributed by atoms with E-state index in [-0.39, 0.29) is 6.04 Å². The topological polar surface area (TPSA) is 42.1 Å². The number of pyridine rings is 1. The molecule has 0 saturated heterocycles. The number of aromatic nitrogens is 1. The molecule has 19 heavy (non-hydrogen) atoms. The highest BCUT2D eigenvalue weighted by atomic mass is 15.2. The van der Waals surface area contributed by atoms with Gasteiger partial charge in [-0.1, -0.05) is 27.2 Å². The summed E-state index contributed by atoms with van der Waals surface area (Å²) in [6.45, 7) is 9.94. The summed E-state index contributed by atoms with van der Waals surface area (Å²) in [5, 5.41) is 0. The van der Waals surface area contributed by atoms with Gasteiger partial charge in [0.25, 0.3) is 0 Å². The summed E-state index contributed by atoms with van der Waals surface area (Å²) in [4.78, 5) is 6.98. The van der Waals surface area contributed by atoms with Crippen molar-refractivity contribution in [1.29, 1.82) is 0 Å². The third-order valence-corrected chi connectivity index (χ3v) is 3.80. The van der Waals surface area contributed by atoms with Crippen LogP contribution in [0.2, 0.25) is 0 Å². The normalized spacial score (nSPS) is 14.2. The summed E-state index contributed by atoms with van der Waals surface area (Å²) in [5.41, 5.74) is 8.22. The van der Waals surface area contributed by atoms with Crippen LogP contribution in [0.3, 0.4) is 0 Å². The quantitative estimate of drug-likeness (QED) is 0.773. The standard InChI is InChI=1S/C16H29N3/c1-5-8-11-19(13(4)6-2)14-9-10-16(18-12-14)15(17)7-3/h9-10,12-13,15H,5-8,11,17H2,1-4H3/t13?,15-/m0/s1. The molecule has 3 heteroatoms. The Hall–Kier alpha value is -1.09. The first-order valence-corrected chi connectivity index (χ1v) is 7.62. The first kappa shape index (κ1) is 16.0. The van der Waals surface area contributed by atoms with Crippen molar-refractivity contribution in [1.82, 2.24) is 4.98 Å². The van der Waals surface area contributed by atoms with Crippen molar-refractivity contribution in [2.75, 3.05) is 11.4 Å². The Bertz CT molecular complexity index is 348. The molecule has 3 nitrogen and oxygen atoms in total. The van der Waals surface area contributed by atoms with Crippen molar-refractivity contribution in [3.63, 3.8) is 0 Å². The van der Waals surface area contributed by atoms with Crippen LogP contribution in [-0.4, -0.2) is 17.6 Å². The van der Waals surface area contributed by atoms with E-state index in [1.165, 1.54) is 18.5 Å². The predicted octanol–water partition coefficient (Wildman–Crippen LogP) is 3.90. The minimum absolute atomic E-state index is 0.0572. The van der Waals surface area contributed by atoms with Gasteiger partial charge in [0.15, 0.2) is 0 Å². The molecule has 0 aliphatic carbocycles. The van der Waals surface area contributed by atoms with E-state index in [9.17, 15) is 0 Å². The molecule has 0 bridgehead atoms. The van der Waals surface area contributed by atoms with Gasteiger partial charge in [0.05, 0.1) is 17.6 Å². The molecule has 1 rings (SSSR count). The van der Waals surface area contributed by atoms with Crippen LogP contribution in [0.1, 0.15) is 65.1 Å². The molecule has 0 aromatic carbocycles. The summed E-state index contributed by atoms with van der Waals surface area (Å²) in [5.74, 6) is 0. The monoisotopic (exact) mass is 263 g/mol. The lowest BCUT2D eigenvalue weighted by molar-refractivity contribution is 0.594. The largest absolute Gasteiger partial charge is 0.368 e. The zero-order valence-corrected chi connectivity index (χ0v) is 12.9. The highest BCUT2D eigenvalue weighted by Crippen LogP contribution is 2.20. The first-order chi connectivity index (χ1) is 9.13. The Morgan fingerprint density at radius 2 is 1.95 bits per heavy atom. The van der Waals surface area contributed by atoms with Gasteiger partial charge in [-0.05, 0) is 38.3 Å². The zero-order chi connectivity index (χ0) is 14.3. The smallest absolute Gasteiger partial charge is 0.0572 e. The van der Waals surface area contributed by atoms with Gasteiger partial charge in [-0.25, -0.2) is 0 Å². The summed E-state index contributed by atoms with van der Waals surface area (Å²) >= 11 is 0. The number of anilines is 1. The van der Waals surface area contributed by atoms with Crippen LogP contribution in [0, 0.1) is 0 Å². The molecule has 1 unspecified atom stereocenters. The molecule has 0 amide bonds. The van der Waals surface area contributed by atoms with Crippen LogP contribution in [0.15, 0.2) is 18.3 Å². The maximum atomic E-state index is 6.01. The number of hydrogen-bond donors (Lipinski definition) is 1. The van der Waals surface area contributed by atoms with Crippen molar-refractivity contribution in [2.45, 2.75) is 65.5 Å². The second-order valence-electron chi connectivity index (χ2n) is 5.26. The van der Waals surface area contributed by atoms with E-state index in [2.05, 4.69) is 49.7 Å². The van der Waals surface area contributed by atoms with E-state index >= 15 is 0 Å². The SMILES string of the molecule is CCCCN(c1ccc([C@@H](N)CC)nc1)C(C)CC. The van der Waals surface area contributed by atoms with Crippen LogP contribution >= 0.6 is 0 Å². The Labute approximate surface area is 118 Å². The first-order valence-electron chi connectivity index (χ1n) is 7.62. The van der Waals surface area contributed by atoms with Gasteiger partial charge >= 0.3 is 0 Å². The van der Waals surface area contributed by atoms with Crippen molar-refractivity contribution in [2.24, 2.45) is 5.73 Å². The van der Waals surface area contributed by atoms with Gasteiger partial charge in [0.2, 0.25) is 0 Å². The predicted molar refractivity (Wildman–Crippen MR) is 83.5 cm³/mol. The maximum absolute atomic E-state index is 6.01. The van der Waals surface area contributed by atoms with E-state index in [1.807, 2.05) is 6.20 Å². The molecule has 108 valence electrons. The zero-order valence-electron chi connectivity index (χ0n) is 12.9. The Kier molecular flexibility index (Phi) is 6.85. The van der Waals surface area contributed by atoms with Gasteiger partial charge < -0.3 is 10.6 Å². The molecule has 0 aliphatic rings. The molecule has 2 atom stereocenters. The lowest BCUT2D eigenvalue weighted by atomic mass is 10.1. The molecule has 0 radical (unpaired) electrons. The summed E-state index contributed by atoms with van der Waals surface area (Å²) < 4.78 is 0. The number of hydrogen-bond acceptors (Lipinski definition) is 3. The molecule has 0 aliphatic heterocycles. The Morgan fingerprint density at radius 3 is 2.42 bits per heavy atom. The van der Waals surface area contributed by atoms with Crippen molar-refractivity contribution < 1.29 is 0 Å². The van der Waals surface area contributed by atoms with Crippen molar-refractivity contribution >= 4 is 5.69 Å². The van der Waals surface area contributed by atoms with Crippen LogP contribution in [0.4, 0.5) is 5.69 Å². The number of unbranched alkanes of at least 4 members (excludes halogenated alkanes) is 1. The third-order valence-electron chi connectivity index (χ3n) is 3.80. The highest BCUT2D eigenvalue weighted by Gasteiger charge is 2.13. The molecule has 0 spiro atoms. The van der Waals surface area contributed by atoms with E-state index in [1.54, 1.807) is 0 Å². The third kappa shape index (κ3) is 4.50. The molecule has 0 fully saturated rings. The molecular weight excluding hydrogens is 234 g/mol. The van der Waals surface area contributed by atoms with E-state index in [0.717, 1.165) is 25.1 Å². The molecule has 1 aromatic heterocycles. The van der Waals surface area contributed by atoms with Crippen molar-refractivity contribution in [3.05, 3.63) is 24.0 Å². The average molecular weight is 263 g/mol. The Morgan fingerprint density at radius 1 is 1.21 bits per heavy atom. The van der Waals surface area contributed by atoms with Crippen molar-refractivity contribution in [3.8, 4) is 0 Å². The minimum atomic E-state index is 0.0572. The number of rotatable bonds is 8. The van der Waals surface area contributed by atoms with E-state index < -0.39 is 0 Å².